The van der Waals surface area contributed by atoms with Gasteiger partial charge in [-0.05, 0) is 24.3 Å². The van der Waals surface area contributed by atoms with Crippen molar-refractivity contribution in [3.8, 4) is 0 Å². The Labute approximate surface area is 115 Å². The van der Waals surface area contributed by atoms with E-state index >= 15 is 0 Å². The molecule has 0 amide bonds. The molecule has 0 aliphatic carbocycles. The molecule has 0 aromatic heterocycles. The van der Waals surface area contributed by atoms with E-state index in [-0.39, 0.29) is 18.5 Å². The van der Waals surface area contributed by atoms with Gasteiger partial charge in [0.2, 0.25) is 0 Å². The van der Waals surface area contributed by atoms with Gasteiger partial charge in [-0.15, -0.1) is 12.4 Å². The lowest BCUT2D eigenvalue weighted by Gasteiger charge is -2.34. The summed E-state index contributed by atoms with van der Waals surface area (Å²) in [6, 6.07) is 5.17. The van der Waals surface area contributed by atoms with E-state index in [0.29, 0.717) is 26.2 Å². The van der Waals surface area contributed by atoms with Gasteiger partial charge < -0.3 is 15.4 Å². The summed E-state index contributed by atoms with van der Waals surface area (Å²) in [6.07, 6.45) is -4.34. The molecule has 1 unspecified atom stereocenters. The number of ether oxygens (including phenoxy) is 1. The summed E-state index contributed by atoms with van der Waals surface area (Å²) in [7, 11) is 0. The molecule has 2 rings (SSSR count). The highest BCUT2D eigenvalue weighted by Gasteiger charge is 2.30. The lowest BCUT2D eigenvalue weighted by molar-refractivity contribution is -0.137. The molecular weight excluding hydrogens is 281 g/mol. The number of hydrogen-bond donors (Lipinski definition) is 1. The molecule has 19 heavy (non-hydrogen) atoms. The molecule has 0 spiro atoms. The van der Waals surface area contributed by atoms with Crippen LogP contribution in [0.4, 0.5) is 18.9 Å². The van der Waals surface area contributed by atoms with Crippen LogP contribution in [0.3, 0.4) is 0 Å². The summed E-state index contributed by atoms with van der Waals surface area (Å²) < 4.78 is 42.7. The number of rotatable bonds is 2. The first-order valence-electron chi connectivity index (χ1n) is 5.74. The Morgan fingerprint density at radius 1 is 1.26 bits per heavy atom. The highest BCUT2D eigenvalue weighted by atomic mass is 35.5. The minimum absolute atomic E-state index is 0. The monoisotopic (exact) mass is 296 g/mol. The lowest BCUT2D eigenvalue weighted by Crippen LogP contribution is -2.45. The highest BCUT2D eigenvalue weighted by Crippen LogP contribution is 2.30. The zero-order valence-corrected chi connectivity index (χ0v) is 11.0. The maximum atomic E-state index is 12.4. The van der Waals surface area contributed by atoms with Crippen molar-refractivity contribution in [3.05, 3.63) is 29.8 Å². The summed E-state index contributed by atoms with van der Waals surface area (Å²) in [5.74, 6) is 0. The van der Waals surface area contributed by atoms with Crippen molar-refractivity contribution in [1.29, 1.82) is 0 Å². The van der Waals surface area contributed by atoms with Gasteiger partial charge in [-0.25, -0.2) is 0 Å². The van der Waals surface area contributed by atoms with Crippen LogP contribution in [0.2, 0.25) is 0 Å². The van der Waals surface area contributed by atoms with Crippen molar-refractivity contribution < 1.29 is 17.9 Å². The second-order valence-electron chi connectivity index (χ2n) is 4.22. The minimum Gasteiger partial charge on any atom is -0.373 e. The highest BCUT2D eigenvalue weighted by molar-refractivity contribution is 5.85. The van der Waals surface area contributed by atoms with Crippen LogP contribution in [-0.2, 0) is 10.9 Å². The Kier molecular flexibility index (Phi) is 5.46. The smallest absolute Gasteiger partial charge is 0.373 e. The van der Waals surface area contributed by atoms with Gasteiger partial charge in [-0.1, -0.05) is 0 Å². The van der Waals surface area contributed by atoms with Crippen molar-refractivity contribution in [2.45, 2.75) is 12.3 Å². The van der Waals surface area contributed by atoms with Crippen LogP contribution in [-0.4, -0.2) is 32.3 Å². The van der Waals surface area contributed by atoms with Gasteiger partial charge in [0.25, 0.3) is 0 Å². The number of benzene rings is 1. The molecule has 108 valence electrons. The number of morpholine rings is 1. The average Bonchev–Trinajstić information content (AvgIpc) is 2.38. The molecule has 1 aromatic rings. The van der Waals surface area contributed by atoms with Crippen molar-refractivity contribution >= 4 is 18.1 Å². The van der Waals surface area contributed by atoms with Crippen molar-refractivity contribution in [2.75, 3.05) is 31.1 Å². The van der Waals surface area contributed by atoms with E-state index < -0.39 is 11.7 Å². The van der Waals surface area contributed by atoms with Crippen LogP contribution in [0.5, 0.6) is 0 Å². The van der Waals surface area contributed by atoms with E-state index in [2.05, 4.69) is 0 Å². The second-order valence-corrected chi connectivity index (χ2v) is 4.22. The van der Waals surface area contributed by atoms with Gasteiger partial charge in [0.15, 0.2) is 0 Å². The van der Waals surface area contributed by atoms with E-state index in [9.17, 15) is 13.2 Å². The first kappa shape index (κ1) is 16.1. The third-order valence-corrected chi connectivity index (χ3v) is 2.96. The first-order valence-corrected chi connectivity index (χ1v) is 5.74. The summed E-state index contributed by atoms with van der Waals surface area (Å²) >= 11 is 0. The topological polar surface area (TPSA) is 38.5 Å². The predicted molar refractivity (Wildman–Crippen MR) is 69.7 cm³/mol. The van der Waals surface area contributed by atoms with Crippen LogP contribution in [0.15, 0.2) is 24.3 Å². The summed E-state index contributed by atoms with van der Waals surface area (Å²) in [4.78, 5) is 1.99. The van der Waals surface area contributed by atoms with Crippen molar-refractivity contribution in [2.24, 2.45) is 5.73 Å². The molecule has 1 aliphatic rings. The van der Waals surface area contributed by atoms with Gasteiger partial charge in [-0.2, -0.15) is 13.2 Å². The maximum Gasteiger partial charge on any atom is 0.416 e. The fraction of sp³-hybridized carbons (Fsp3) is 0.500. The fourth-order valence-corrected chi connectivity index (χ4v) is 1.96. The number of anilines is 1. The third kappa shape index (κ3) is 3.99. The summed E-state index contributed by atoms with van der Waals surface area (Å²) in [5, 5.41) is 0. The SMILES string of the molecule is Cl.NCC1CN(c2ccc(C(F)(F)F)cc2)CCO1. The Bertz CT molecular complexity index is 397. The van der Waals surface area contributed by atoms with Gasteiger partial charge >= 0.3 is 6.18 Å². The molecule has 1 aromatic carbocycles. The third-order valence-electron chi connectivity index (χ3n) is 2.96. The summed E-state index contributed by atoms with van der Waals surface area (Å²) in [6.45, 7) is 2.24. The number of hydrogen-bond acceptors (Lipinski definition) is 3. The maximum absolute atomic E-state index is 12.4. The van der Waals surface area contributed by atoms with Crippen molar-refractivity contribution in [3.63, 3.8) is 0 Å². The number of nitrogens with zero attached hydrogens (tertiary/aromatic N) is 1. The van der Waals surface area contributed by atoms with Crippen LogP contribution >= 0.6 is 12.4 Å². The van der Waals surface area contributed by atoms with E-state index in [1.165, 1.54) is 12.1 Å². The van der Waals surface area contributed by atoms with E-state index in [4.69, 9.17) is 10.5 Å². The molecule has 1 saturated heterocycles. The minimum atomic E-state index is -4.29. The van der Waals surface area contributed by atoms with Gasteiger partial charge in [0.1, 0.15) is 0 Å². The van der Waals surface area contributed by atoms with E-state index in [0.717, 1.165) is 17.8 Å². The number of nitrogens with two attached hydrogens (primary N) is 1. The summed E-state index contributed by atoms with van der Waals surface area (Å²) in [5.41, 5.74) is 5.66. The van der Waals surface area contributed by atoms with Crippen LogP contribution in [0, 0.1) is 0 Å². The van der Waals surface area contributed by atoms with Crippen LogP contribution in [0.25, 0.3) is 0 Å². The molecule has 0 radical (unpaired) electrons. The van der Waals surface area contributed by atoms with E-state index in [1.807, 2.05) is 4.90 Å². The molecular formula is C12H16ClF3N2O. The van der Waals surface area contributed by atoms with Crippen molar-refractivity contribution in [1.82, 2.24) is 0 Å². The molecule has 1 fully saturated rings. The van der Waals surface area contributed by atoms with E-state index in [1.54, 1.807) is 0 Å². The molecule has 1 aliphatic heterocycles. The quantitative estimate of drug-likeness (QED) is 0.910. The normalized spacial score (nSPS) is 20.0. The molecule has 0 bridgehead atoms. The Morgan fingerprint density at radius 3 is 2.42 bits per heavy atom. The standard InChI is InChI=1S/C12H15F3N2O.ClH/c13-12(14,15)9-1-3-10(4-2-9)17-5-6-18-11(7-16)8-17;/h1-4,11H,5-8,16H2;1H. The second kappa shape index (κ2) is 6.45. The number of halogens is 4. The zero-order chi connectivity index (χ0) is 13.2. The van der Waals surface area contributed by atoms with Gasteiger partial charge in [0.05, 0.1) is 18.3 Å². The van der Waals surface area contributed by atoms with Crippen LogP contribution < -0.4 is 10.6 Å². The zero-order valence-electron chi connectivity index (χ0n) is 10.2. The molecule has 7 heteroatoms. The molecule has 2 N–H and O–H groups in total. The molecule has 3 nitrogen and oxygen atoms in total. The van der Waals surface area contributed by atoms with Crippen LogP contribution in [0.1, 0.15) is 5.56 Å². The predicted octanol–water partition coefficient (Wildman–Crippen LogP) is 2.29. The number of alkyl halides is 3. The Balaban J connectivity index is 0.00000180. The first-order chi connectivity index (χ1) is 8.50. The Morgan fingerprint density at radius 2 is 1.89 bits per heavy atom. The fourth-order valence-electron chi connectivity index (χ4n) is 1.96. The molecule has 0 saturated carbocycles. The average molecular weight is 297 g/mol. The molecule has 1 atom stereocenters. The van der Waals surface area contributed by atoms with Gasteiger partial charge in [-0.3, -0.25) is 0 Å². The molecule has 1 heterocycles. The van der Waals surface area contributed by atoms with Gasteiger partial charge in [0, 0.05) is 25.3 Å². The Hall–Kier alpha value is -0.980. The lowest BCUT2D eigenvalue weighted by atomic mass is 10.1. The largest absolute Gasteiger partial charge is 0.416 e.